The zero-order chi connectivity index (χ0) is 29.1. The van der Waals surface area contributed by atoms with Crippen LogP contribution in [0.25, 0.3) is 5.70 Å². The zero-order valence-corrected chi connectivity index (χ0v) is 24.7. The number of nitrogens with zero attached hydrogens (tertiary/aromatic N) is 7. The minimum atomic E-state index is -0.218. The number of allylic oxidation sites excluding steroid dienone is 1. The molecule has 220 valence electrons. The van der Waals surface area contributed by atoms with Crippen molar-refractivity contribution >= 4 is 17.4 Å². The molecule has 1 aliphatic carbocycles. The van der Waals surface area contributed by atoms with Crippen LogP contribution in [0.3, 0.4) is 0 Å². The van der Waals surface area contributed by atoms with Crippen LogP contribution in [-0.2, 0) is 24.2 Å². The number of aromatic nitrogens is 2. The summed E-state index contributed by atoms with van der Waals surface area (Å²) >= 11 is 0. The average Bonchev–Trinajstić information content (AvgIpc) is 3.50. The molecule has 4 heterocycles. The Kier molecular flexibility index (Phi) is 8.43. The third kappa shape index (κ3) is 5.60. The zero-order valence-electron chi connectivity index (χ0n) is 24.7. The molecule has 2 fully saturated rings. The van der Waals surface area contributed by atoms with Crippen molar-refractivity contribution in [3.63, 3.8) is 0 Å². The molecule has 0 N–H and O–H groups in total. The minimum Gasteiger partial charge on any atom is -0.462 e. The first-order valence-corrected chi connectivity index (χ1v) is 15.4. The monoisotopic (exact) mass is 567 g/mol. The van der Waals surface area contributed by atoms with Gasteiger partial charge in [0.1, 0.15) is 12.4 Å². The Balaban J connectivity index is 1.30. The topological polar surface area (TPSA) is 88.8 Å². The number of carbonyl (C=O) groups is 1. The number of hydrogen-bond acceptors (Lipinski definition) is 8. The van der Waals surface area contributed by atoms with Gasteiger partial charge in [0.25, 0.3) is 0 Å². The fourth-order valence-electron chi connectivity index (χ4n) is 7.09. The molecular formula is C33H41N7O2. The highest BCUT2D eigenvalue weighted by atomic mass is 16.5. The summed E-state index contributed by atoms with van der Waals surface area (Å²) < 4.78 is 6.35. The van der Waals surface area contributed by atoms with Crippen LogP contribution in [0, 0.1) is 11.3 Å². The summed E-state index contributed by atoms with van der Waals surface area (Å²) in [4.78, 5) is 31.5. The molecule has 0 bridgehead atoms. The van der Waals surface area contributed by atoms with E-state index < -0.39 is 0 Å². The summed E-state index contributed by atoms with van der Waals surface area (Å²) in [5, 5.41) is 9.53. The maximum atomic E-state index is 12.5. The number of likely N-dealkylation sites (N-methyl/N-ethyl adjacent to an activating group) is 1. The lowest BCUT2D eigenvalue weighted by molar-refractivity contribution is -0.128. The van der Waals surface area contributed by atoms with Crippen LogP contribution in [-0.4, -0.2) is 88.5 Å². The number of piperazine rings is 1. The highest BCUT2D eigenvalue weighted by Gasteiger charge is 2.34. The number of ether oxygens (including phenoxy) is 1. The molecule has 0 saturated carbocycles. The van der Waals surface area contributed by atoms with E-state index >= 15 is 0 Å². The number of aryl methyl sites for hydroxylation is 1. The molecule has 3 aliphatic heterocycles. The van der Waals surface area contributed by atoms with Gasteiger partial charge in [-0.05, 0) is 56.8 Å². The van der Waals surface area contributed by atoms with Crippen molar-refractivity contribution < 1.29 is 9.53 Å². The Bertz CT molecular complexity index is 1400. The Morgan fingerprint density at radius 2 is 2.02 bits per heavy atom. The molecule has 42 heavy (non-hydrogen) atoms. The maximum absolute atomic E-state index is 12.5. The molecule has 0 unspecified atom stereocenters. The molecule has 2 saturated heterocycles. The van der Waals surface area contributed by atoms with Gasteiger partial charge in [0, 0.05) is 49.0 Å². The second kappa shape index (κ2) is 12.5. The molecule has 9 nitrogen and oxygen atoms in total. The van der Waals surface area contributed by atoms with E-state index in [0.717, 1.165) is 62.4 Å². The van der Waals surface area contributed by atoms with Gasteiger partial charge in [-0.1, -0.05) is 43.8 Å². The fourth-order valence-corrected chi connectivity index (χ4v) is 7.09. The Labute approximate surface area is 249 Å². The SMILES string of the molecule is C=CC(=O)N1CCN(c2nc(OC[C@@H]3CCCN3CC)nc3c2CCN(C2=CCCc4ccccc42)C3)C[C@@H]1CC#N. The molecule has 1 aromatic heterocycles. The summed E-state index contributed by atoms with van der Waals surface area (Å²) in [7, 11) is 0. The van der Waals surface area contributed by atoms with Gasteiger partial charge in [-0.3, -0.25) is 9.69 Å². The van der Waals surface area contributed by atoms with Gasteiger partial charge < -0.3 is 19.4 Å². The molecule has 0 spiro atoms. The molecule has 1 aromatic carbocycles. The van der Waals surface area contributed by atoms with Gasteiger partial charge in [0.05, 0.1) is 30.8 Å². The van der Waals surface area contributed by atoms with E-state index in [1.807, 2.05) is 0 Å². The van der Waals surface area contributed by atoms with Gasteiger partial charge in [-0.2, -0.15) is 15.2 Å². The predicted molar refractivity (Wildman–Crippen MR) is 163 cm³/mol. The minimum absolute atomic E-state index is 0.127. The van der Waals surface area contributed by atoms with Crippen LogP contribution < -0.4 is 9.64 Å². The summed E-state index contributed by atoms with van der Waals surface area (Å²) in [6.07, 6.45) is 9.24. The van der Waals surface area contributed by atoms with Crippen LogP contribution >= 0.6 is 0 Å². The van der Waals surface area contributed by atoms with E-state index in [4.69, 9.17) is 14.7 Å². The van der Waals surface area contributed by atoms with Crippen LogP contribution in [0.2, 0.25) is 0 Å². The normalized spacial score (nSPS) is 22.2. The van der Waals surface area contributed by atoms with Crippen molar-refractivity contribution in [2.24, 2.45) is 0 Å². The first-order valence-electron chi connectivity index (χ1n) is 15.4. The lowest BCUT2D eigenvalue weighted by atomic mass is 9.92. The lowest BCUT2D eigenvalue weighted by Crippen LogP contribution is -2.55. The molecule has 0 radical (unpaired) electrons. The van der Waals surface area contributed by atoms with Crippen LogP contribution in [0.4, 0.5) is 5.82 Å². The van der Waals surface area contributed by atoms with Crippen LogP contribution in [0.15, 0.2) is 43.0 Å². The van der Waals surface area contributed by atoms with E-state index in [9.17, 15) is 10.1 Å². The number of fused-ring (bicyclic) bond motifs is 2. The van der Waals surface area contributed by atoms with Gasteiger partial charge in [0.15, 0.2) is 0 Å². The molecule has 4 aliphatic rings. The third-order valence-electron chi connectivity index (χ3n) is 9.29. The number of amides is 1. The number of likely N-dealkylation sites (tertiary alicyclic amines) is 1. The highest BCUT2D eigenvalue weighted by molar-refractivity contribution is 5.87. The molecule has 6 rings (SSSR count). The summed E-state index contributed by atoms with van der Waals surface area (Å²) in [6, 6.07) is 11.6. The number of hydrogen-bond donors (Lipinski definition) is 0. The Morgan fingerprint density at radius 3 is 2.86 bits per heavy atom. The summed E-state index contributed by atoms with van der Waals surface area (Å²) in [5.41, 5.74) is 6.17. The second-order valence-electron chi connectivity index (χ2n) is 11.6. The summed E-state index contributed by atoms with van der Waals surface area (Å²) in [5.74, 6) is 0.762. The molecule has 1 amide bonds. The van der Waals surface area contributed by atoms with E-state index in [2.05, 4.69) is 64.6 Å². The molecule has 2 aromatic rings. The van der Waals surface area contributed by atoms with Gasteiger partial charge >= 0.3 is 6.01 Å². The predicted octanol–water partition coefficient (Wildman–Crippen LogP) is 3.80. The van der Waals surface area contributed by atoms with Crippen molar-refractivity contribution in [2.75, 3.05) is 50.8 Å². The van der Waals surface area contributed by atoms with E-state index in [1.165, 1.54) is 29.3 Å². The van der Waals surface area contributed by atoms with Crippen molar-refractivity contribution in [2.45, 2.75) is 64.1 Å². The molecule has 9 heteroatoms. The standard InChI is InChI=1S/C33H41N7O2/c1-3-31(41)40-20-19-39(21-25(40)14-16-34)32-28-15-18-38(30-13-7-10-24-9-5-6-12-27(24)30)22-29(28)35-33(36-32)42-23-26-11-8-17-37(26)4-2/h3,5-6,9,12-13,25-26H,1,4,7-8,10-11,14-15,17-23H2,2H3/t25-,26-/m0/s1. The van der Waals surface area contributed by atoms with Crippen LogP contribution in [0.1, 0.15) is 55.0 Å². The van der Waals surface area contributed by atoms with Crippen molar-refractivity contribution in [1.82, 2.24) is 24.7 Å². The number of carbonyl (C=O) groups excluding carboxylic acids is 1. The Morgan fingerprint density at radius 1 is 1.14 bits per heavy atom. The molecular weight excluding hydrogens is 526 g/mol. The smallest absolute Gasteiger partial charge is 0.318 e. The average molecular weight is 568 g/mol. The number of benzene rings is 1. The van der Waals surface area contributed by atoms with Crippen molar-refractivity contribution in [1.29, 1.82) is 5.26 Å². The van der Waals surface area contributed by atoms with Crippen molar-refractivity contribution in [3.8, 4) is 12.1 Å². The first-order chi connectivity index (χ1) is 20.6. The van der Waals surface area contributed by atoms with Crippen LogP contribution in [0.5, 0.6) is 6.01 Å². The number of nitriles is 1. The largest absolute Gasteiger partial charge is 0.462 e. The third-order valence-corrected chi connectivity index (χ3v) is 9.29. The van der Waals surface area contributed by atoms with Crippen molar-refractivity contribution in [3.05, 3.63) is 65.4 Å². The quantitative estimate of drug-likeness (QED) is 0.445. The van der Waals surface area contributed by atoms with E-state index in [-0.39, 0.29) is 18.4 Å². The second-order valence-corrected chi connectivity index (χ2v) is 11.6. The maximum Gasteiger partial charge on any atom is 0.318 e. The van der Waals surface area contributed by atoms with E-state index in [0.29, 0.717) is 44.8 Å². The number of rotatable bonds is 8. The first kappa shape index (κ1) is 28.2. The van der Waals surface area contributed by atoms with Gasteiger partial charge in [-0.15, -0.1) is 0 Å². The van der Waals surface area contributed by atoms with E-state index in [1.54, 1.807) is 4.90 Å². The lowest BCUT2D eigenvalue weighted by Gasteiger charge is -2.42. The summed E-state index contributed by atoms with van der Waals surface area (Å²) in [6.45, 7) is 11.9. The van der Waals surface area contributed by atoms with Gasteiger partial charge in [-0.25, -0.2) is 0 Å². The molecule has 2 atom stereocenters. The Hall–Kier alpha value is -3.90. The highest BCUT2D eigenvalue weighted by Crippen LogP contribution is 2.36. The number of anilines is 1. The fraction of sp³-hybridized carbons (Fsp3) is 0.515. The van der Waals surface area contributed by atoms with Gasteiger partial charge in [0.2, 0.25) is 5.91 Å².